The van der Waals surface area contributed by atoms with Gasteiger partial charge in [0.25, 0.3) is 0 Å². The first-order chi connectivity index (χ1) is 13.6. The molecule has 28 heavy (non-hydrogen) atoms. The van der Waals surface area contributed by atoms with E-state index in [0.29, 0.717) is 65.8 Å². The highest BCUT2D eigenvalue weighted by atomic mass is 32.2. The van der Waals surface area contributed by atoms with Gasteiger partial charge in [-0.2, -0.15) is 0 Å². The molecular weight excluding hydrogens is 386 g/mol. The Labute approximate surface area is 167 Å². The number of sulfone groups is 1. The number of ether oxygens (including phenoxy) is 3. The molecule has 0 radical (unpaired) electrons. The maximum Gasteiger partial charge on any atom is 0.152 e. The maximum atomic E-state index is 11.5. The Morgan fingerprint density at radius 2 is 1.68 bits per heavy atom. The van der Waals surface area contributed by atoms with Crippen LogP contribution in [-0.4, -0.2) is 106 Å². The Morgan fingerprint density at radius 3 is 2.36 bits per heavy atom. The predicted octanol–water partition coefficient (Wildman–Crippen LogP) is -0.832. The van der Waals surface area contributed by atoms with Crippen LogP contribution in [0.3, 0.4) is 0 Å². The molecular formula is C17H33N5O5S. The van der Waals surface area contributed by atoms with Crippen LogP contribution in [0.15, 0.2) is 6.20 Å². The molecule has 0 bridgehead atoms. The Balaban J connectivity index is 1.45. The molecule has 1 fully saturated rings. The molecule has 0 atom stereocenters. The van der Waals surface area contributed by atoms with Gasteiger partial charge in [-0.15, -0.1) is 5.10 Å². The number of hydrogen-bond acceptors (Lipinski definition) is 9. The molecule has 1 saturated heterocycles. The highest BCUT2D eigenvalue weighted by molar-refractivity contribution is 7.91. The first kappa shape index (κ1) is 23.2. The van der Waals surface area contributed by atoms with Gasteiger partial charge in [0.15, 0.2) is 9.84 Å². The van der Waals surface area contributed by atoms with Gasteiger partial charge in [0.1, 0.15) is 0 Å². The van der Waals surface area contributed by atoms with Gasteiger partial charge in [-0.3, -0.25) is 4.90 Å². The number of nitrogens with one attached hydrogen (secondary N) is 1. The van der Waals surface area contributed by atoms with Crippen LogP contribution in [0.4, 0.5) is 0 Å². The Morgan fingerprint density at radius 1 is 1.04 bits per heavy atom. The summed E-state index contributed by atoms with van der Waals surface area (Å²) in [4.78, 5) is 2.09. The van der Waals surface area contributed by atoms with Crippen molar-refractivity contribution in [2.75, 3.05) is 77.3 Å². The second kappa shape index (κ2) is 13.2. The van der Waals surface area contributed by atoms with Gasteiger partial charge in [-0.1, -0.05) is 12.1 Å². The summed E-state index contributed by atoms with van der Waals surface area (Å²) in [6.07, 6.45) is 1.88. The van der Waals surface area contributed by atoms with E-state index in [1.54, 1.807) is 4.68 Å². The minimum Gasteiger partial charge on any atom is -0.378 e. The second-order valence-electron chi connectivity index (χ2n) is 6.59. The molecule has 1 aromatic heterocycles. The first-order valence-electron chi connectivity index (χ1n) is 9.85. The molecule has 0 unspecified atom stereocenters. The molecule has 0 spiro atoms. The average molecular weight is 420 g/mol. The quantitative estimate of drug-likeness (QED) is 0.364. The summed E-state index contributed by atoms with van der Waals surface area (Å²) < 4.78 is 41.0. The second-order valence-corrected chi connectivity index (χ2v) is 8.90. The molecule has 2 heterocycles. The number of hydrogen-bond donors (Lipinski definition) is 1. The van der Waals surface area contributed by atoms with Crippen molar-refractivity contribution < 1.29 is 22.6 Å². The zero-order valence-corrected chi connectivity index (χ0v) is 17.5. The summed E-state index contributed by atoms with van der Waals surface area (Å²) in [7, 11) is -2.85. The van der Waals surface area contributed by atoms with Gasteiger partial charge in [0.05, 0.1) is 63.4 Å². The number of nitrogens with zero attached hydrogens (tertiary/aromatic N) is 4. The lowest BCUT2D eigenvalue weighted by molar-refractivity contribution is 0.0133. The number of rotatable bonds is 15. The fourth-order valence-electron chi connectivity index (χ4n) is 2.68. The van der Waals surface area contributed by atoms with Crippen molar-refractivity contribution in [2.24, 2.45) is 0 Å². The summed E-state index contributed by atoms with van der Waals surface area (Å²) in [5.41, 5.74) is 0.844. The van der Waals surface area contributed by atoms with E-state index in [9.17, 15) is 8.42 Å². The maximum absolute atomic E-state index is 11.5. The number of likely N-dealkylation sites (N-methyl/N-ethyl adjacent to an activating group) is 1. The molecule has 0 aromatic carbocycles. The zero-order valence-electron chi connectivity index (χ0n) is 16.7. The SMILES string of the molecule is CCNCCOCCOCCOCCn1cc(CN2CCS(=O)(=O)CC2)nn1. The van der Waals surface area contributed by atoms with Crippen LogP contribution in [0.5, 0.6) is 0 Å². The molecule has 1 aromatic rings. The smallest absolute Gasteiger partial charge is 0.152 e. The highest BCUT2D eigenvalue weighted by Crippen LogP contribution is 2.07. The Kier molecular flexibility index (Phi) is 10.9. The van der Waals surface area contributed by atoms with Crippen LogP contribution in [0.2, 0.25) is 0 Å². The lowest BCUT2D eigenvalue weighted by Crippen LogP contribution is -2.39. The topological polar surface area (TPSA) is 108 Å². The highest BCUT2D eigenvalue weighted by Gasteiger charge is 2.22. The third-order valence-corrected chi connectivity index (χ3v) is 5.90. The largest absolute Gasteiger partial charge is 0.378 e. The van der Waals surface area contributed by atoms with Gasteiger partial charge in [0, 0.05) is 32.4 Å². The average Bonchev–Trinajstić information content (AvgIpc) is 3.12. The fourth-order valence-corrected chi connectivity index (χ4v) is 3.96. The molecule has 2 rings (SSSR count). The van der Waals surface area contributed by atoms with Crippen LogP contribution in [0.25, 0.3) is 0 Å². The van der Waals surface area contributed by atoms with Crippen molar-refractivity contribution in [3.63, 3.8) is 0 Å². The van der Waals surface area contributed by atoms with Gasteiger partial charge < -0.3 is 19.5 Å². The Bertz CT molecular complexity index is 626. The lowest BCUT2D eigenvalue weighted by atomic mass is 10.4. The minimum atomic E-state index is -2.85. The van der Waals surface area contributed by atoms with E-state index in [0.717, 1.165) is 18.8 Å². The van der Waals surface area contributed by atoms with E-state index in [1.807, 2.05) is 6.20 Å². The minimum absolute atomic E-state index is 0.221. The standard InChI is InChI=1S/C17H33N5O5S/c1-2-18-3-7-25-9-11-27-12-10-26-8-4-22-16-17(19-20-22)15-21-5-13-28(23,24)14-6-21/h16,18H,2-15H2,1H3. The van der Waals surface area contributed by atoms with Crippen molar-refractivity contribution in [2.45, 2.75) is 20.0 Å². The van der Waals surface area contributed by atoms with Crippen LogP contribution >= 0.6 is 0 Å². The molecule has 11 heteroatoms. The summed E-state index contributed by atoms with van der Waals surface area (Å²) in [5.74, 6) is 0.443. The van der Waals surface area contributed by atoms with E-state index in [4.69, 9.17) is 14.2 Å². The van der Waals surface area contributed by atoms with Crippen LogP contribution in [-0.2, 0) is 37.1 Å². The molecule has 0 amide bonds. The summed E-state index contributed by atoms with van der Waals surface area (Å²) >= 11 is 0. The van der Waals surface area contributed by atoms with Crippen molar-refractivity contribution in [1.29, 1.82) is 0 Å². The van der Waals surface area contributed by atoms with Crippen molar-refractivity contribution >= 4 is 9.84 Å². The number of aromatic nitrogens is 3. The van der Waals surface area contributed by atoms with Crippen LogP contribution in [0, 0.1) is 0 Å². The predicted molar refractivity (Wildman–Crippen MR) is 105 cm³/mol. The van der Waals surface area contributed by atoms with Crippen molar-refractivity contribution in [3.8, 4) is 0 Å². The summed E-state index contributed by atoms with van der Waals surface area (Å²) in [6.45, 7) is 9.71. The third-order valence-electron chi connectivity index (χ3n) is 4.29. The van der Waals surface area contributed by atoms with E-state index in [-0.39, 0.29) is 11.5 Å². The van der Waals surface area contributed by atoms with Gasteiger partial charge >= 0.3 is 0 Å². The molecule has 10 nitrogen and oxygen atoms in total. The molecule has 1 aliphatic rings. The van der Waals surface area contributed by atoms with Crippen LogP contribution < -0.4 is 5.32 Å². The first-order valence-corrected chi connectivity index (χ1v) is 11.7. The molecule has 162 valence electrons. The zero-order chi connectivity index (χ0) is 20.1. The lowest BCUT2D eigenvalue weighted by Gasteiger charge is -2.25. The molecule has 0 aliphatic carbocycles. The third kappa shape index (κ3) is 9.89. The van der Waals surface area contributed by atoms with Crippen LogP contribution in [0.1, 0.15) is 12.6 Å². The van der Waals surface area contributed by atoms with E-state index < -0.39 is 9.84 Å². The summed E-state index contributed by atoms with van der Waals surface area (Å²) in [6, 6.07) is 0. The van der Waals surface area contributed by atoms with Crippen molar-refractivity contribution in [1.82, 2.24) is 25.2 Å². The summed E-state index contributed by atoms with van der Waals surface area (Å²) in [5, 5.41) is 11.4. The molecule has 1 N–H and O–H groups in total. The van der Waals surface area contributed by atoms with Gasteiger partial charge in [0.2, 0.25) is 0 Å². The van der Waals surface area contributed by atoms with E-state index in [1.165, 1.54) is 0 Å². The normalized spacial score (nSPS) is 17.2. The monoisotopic (exact) mass is 419 g/mol. The van der Waals surface area contributed by atoms with Crippen molar-refractivity contribution in [3.05, 3.63) is 11.9 Å². The Hall–Kier alpha value is -1.11. The fraction of sp³-hybridized carbons (Fsp3) is 0.882. The van der Waals surface area contributed by atoms with Gasteiger partial charge in [-0.05, 0) is 6.54 Å². The van der Waals surface area contributed by atoms with Gasteiger partial charge in [-0.25, -0.2) is 13.1 Å². The van der Waals surface area contributed by atoms with E-state index in [2.05, 4.69) is 27.5 Å². The molecule has 1 aliphatic heterocycles. The molecule has 0 saturated carbocycles. The van der Waals surface area contributed by atoms with E-state index >= 15 is 0 Å².